The predicted octanol–water partition coefficient (Wildman–Crippen LogP) is 5.02. The molecule has 0 amide bonds. The SMILES string of the molecule is CC.Cc1cn(Cc2ccc3ncc(Cl)cc3c2)c2ncncc12. The fraction of sp³-hybridized carbons (Fsp3) is 0.211. The maximum absolute atomic E-state index is 6.03. The van der Waals surface area contributed by atoms with Gasteiger partial charge >= 0.3 is 0 Å². The number of pyridine rings is 1. The van der Waals surface area contributed by atoms with Crippen LogP contribution in [-0.2, 0) is 6.54 Å². The normalized spacial score (nSPS) is 10.7. The van der Waals surface area contributed by atoms with E-state index in [0.29, 0.717) is 5.02 Å². The molecule has 4 rings (SSSR count). The topological polar surface area (TPSA) is 43.6 Å². The first-order chi connectivity index (χ1) is 11.7. The van der Waals surface area contributed by atoms with Crippen molar-refractivity contribution in [3.8, 4) is 0 Å². The molecule has 0 aliphatic heterocycles. The van der Waals surface area contributed by atoms with Gasteiger partial charge in [-0.3, -0.25) is 4.98 Å². The molecule has 4 aromatic rings. The highest BCUT2D eigenvalue weighted by molar-refractivity contribution is 6.31. The van der Waals surface area contributed by atoms with Crippen LogP contribution in [0, 0.1) is 6.92 Å². The van der Waals surface area contributed by atoms with Crippen LogP contribution in [0.15, 0.2) is 49.2 Å². The summed E-state index contributed by atoms with van der Waals surface area (Å²) in [5.74, 6) is 0. The third-order valence-corrected chi connectivity index (χ3v) is 4.01. The number of aromatic nitrogens is 4. The summed E-state index contributed by atoms with van der Waals surface area (Å²) in [5, 5.41) is 2.79. The smallest absolute Gasteiger partial charge is 0.143 e. The average Bonchev–Trinajstić information content (AvgIpc) is 2.93. The molecule has 0 atom stereocenters. The highest BCUT2D eigenvalue weighted by Crippen LogP contribution is 2.21. The summed E-state index contributed by atoms with van der Waals surface area (Å²) < 4.78 is 2.14. The number of nitrogens with zero attached hydrogens (tertiary/aromatic N) is 4. The van der Waals surface area contributed by atoms with Crippen LogP contribution in [0.1, 0.15) is 25.0 Å². The van der Waals surface area contributed by atoms with Crippen LogP contribution < -0.4 is 0 Å². The van der Waals surface area contributed by atoms with Crippen molar-refractivity contribution < 1.29 is 0 Å². The minimum Gasteiger partial charge on any atom is -0.328 e. The highest BCUT2D eigenvalue weighted by Gasteiger charge is 2.07. The Morgan fingerprint density at radius 3 is 2.75 bits per heavy atom. The lowest BCUT2D eigenvalue weighted by Gasteiger charge is -2.06. The van der Waals surface area contributed by atoms with Gasteiger partial charge in [0.2, 0.25) is 0 Å². The molecule has 4 nitrogen and oxygen atoms in total. The van der Waals surface area contributed by atoms with E-state index in [9.17, 15) is 0 Å². The van der Waals surface area contributed by atoms with Crippen molar-refractivity contribution >= 4 is 33.5 Å². The molecule has 0 bridgehead atoms. The van der Waals surface area contributed by atoms with Crippen LogP contribution in [0.2, 0.25) is 5.02 Å². The summed E-state index contributed by atoms with van der Waals surface area (Å²) in [6, 6.07) is 8.17. The quantitative estimate of drug-likeness (QED) is 0.515. The number of hydrogen-bond donors (Lipinski definition) is 0. The minimum atomic E-state index is 0.652. The van der Waals surface area contributed by atoms with Crippen molar-refractivity contribution in [1.82, 2.24) is 19.5 Å². The monoisotopic (exact) mass is 338 g/mol. The average molecular weight is 339 g/mol. The van der Waals surface area contributed by atoms with Gasteiger partial charge in [0, 0.05) is 35.9 Å². The highest BCUT2D eigenvalue weighted by atomic mass is 35.5. The summed E-state index contributed by atoms with van der Waals surface area (Å²) in [4.78, 5) is 12.8. The van der Waals surface area contributed by atoms with Gasteiger partial charge in [-0.05, 0) is 36.2 Å². The van der Waals surface area contributed by atoms with Gasteiger partial charge in [-0.2, -0.15) is 0 Å². The molecule has 24 heavy (non-hydrogen) atoms. The zero-order valence-electron chi connectivity index (χ0n) is 14.0. The molecule has 0 aliphatic carbocycles. The first-order valence-electron chi connectivity index (χ1n) is 8.00. The zero-order valence-corrected chi connectivity index (χ0v) is 14.7. The van der Waals surface area contributed by atoms with Crippen molar-refractivity contribution in [2.24, 2.45) is 0 Å². The molecule has 0 unspecified atom stereocenters. The predicted molar refractivity (Wildman–Crippen MR) is 99.5 cm³/mol. The Morgan fingerprint density at radius 1 is 1.08 bits per heavy atom. The lowest BCUT2D eigenvalue weighted by molar-refractivity contribution is 0.822. The van der Waals surface area contributed by atoms with Gasteiger partial charge in [0.1, 0.15) is 12.0 Å². The molecule has 0 saturated heterocycles. The number of benzene rings is 1. The van der Waals surface area contributed by atoms with Crippen molar-refractivity contribution in [3.05, 3.63) is 65.3 Å². The van der Waals surface area contributed by atoms with E-state index in [4.69, 9.17) is 11.6 Å². The van der Waals surface area contributed by atoms with Crippen molar-refractivity contribution in [3.63, 3.8) is 0 Å². The summed E-state index contributed by atoms with van der Waals surface area (Å²) in [5.41, 5.74) is 4.27. The Bertz CT molecular complexity index is 991. The molecule has 0 N–H and O–H groups in total. The Balaban J connectivity index is 0.000000815. The first kappa shape index (κ1) is 16.4. The number of hydrogen-bond acceptors (Lipinski definition) is 3. The number of aryl methyl sites for hydroxylation is 1. The van der Waals surface area contributed by atoms with Crippen LogP contribution in [0.5, 0.6) is 0 Å². The molecule has 0 aliphatic rings. The van der Waals surface area contributed by atoms with Crippen LogP contribution >= 0.6 is 11.6 Å². The van der Waals surface area contributed by atoms with Gasteiger partial charge in [-0.15, -0.1) is 0 Å². The molecule has 1 aromatic carbocycles. The Hall–Kier alpha value is -2.46. The maximum atomic E-state index is 6.03. The van der Waals surface area contributed by atoms with Gasteiger partial charge in [-0.25, -0.2) is 9.97 Å². The Kier molecular flexibility index (Phi) is 4.76. The van der Waals surface area contributed by atoms with E-state index in [1.807, 2.05) is 32.2 Å². The van der Waals surface area contributed by atoms with Crippen LogP contribution in [0.3, 0.4) is 0 Å². The van der Waals surface area contributed by atoms with Gasteiger partial charge in [0.25, 0.3) is 0 Å². The van der Waals surface area contributed by atoms with E-state index < -0.39 is 0 Å². The first-order valence-corrected chi connectivity index (χ1v) is 8.38. The minimum absolute atomic E-state index is 0.652. The third-order valence-electron chi connectivity index (χ3n) is 3.80. The second-order valence-corrected chi connectivity index (χ2v) is 5.82. The zero-order chi connectivity index (χ0) is 17.1. The standard InChI is InChI=1S/C17H13ClN4.C2H6/c1-11-8-22(17-15(11)7-19-10-21-17)9-12-2-3-16-13(4-12)5-14(18)6-20-16;1-2/h2-8,10H,9H2,1H3;1-2H3. The fourth-order valence-corrected chi connectivity index (χ4v) is 2.93. The van der Waals surface area contributed by atoms with Crippen LogP contribution in [0.4, 0.5) is 0 Å². The van der Waals surface area contributed by atoms with Crippen molar-refractivity contribution in [1.29, 1.82) is 0 Å². The second-order valence-electron chi connectivity index (χ2n) is 5.38. The van der Waals surface area contributed by atoms with E-state index in [1.165, 1.54) is 11.1 Å². The number of halogens is 1. The molecule has 3 aromatic heterocycles. The number of fused-ring (bicyclic) bond motifs is 2. The Morgan fingerprint density at radius 2 is 1.92 bits per heavy atom. The molecule has 0 saturated carbocycles. The van der Waals surface area contributed by atoms with Crippen molar-refractivity contribution in [2.45, 2.75) is 27.3 Å². The molecule has 0 spiro atoms. The van der Waals surface area contributed by atoms with Gasteiger partial charge in [0.15, 0.2) is 0 Å². The van der Waals surface area contributed by atoms with Crippen LogP contribution in [-0.4, -0.2) is 19.5 Å². The van der Waals surface area contributed by atoms with Gasteiger partial charge < -0.3 is 4.57 Å². The second kappa shape index (κ2) is 6.97. The van der Waals surface area contributed by atoms with Crippen LogP contribution in [0.25, 0.3) is 21.9 Å². The summed E-state index contributed by atoms with van der Waals surface area (Å²) >= 11 is 6.03. The summed E-state index contributed by atoms with van der Waals surface area (Å²) in [6.07, 6.45) is 7.23. The lowest BCUT2D eigenvalue weighted by Crippen LogP contribution is -1.99. The molecule has 0 radical (unpaired) electrons. The van der Waals surface area contributed by atoms with E-state index in [1.54, 1.807) is 12.5 Å². The van der Waals surface area contributed by atoms with E-state index >= 15 is 0 Å². The van der Waals surface area contributed by atoms with E-state index in [-0.39, 0.29) is 0 Å². The largest absolute Gasteiger partial charge is 0.328 e. The summed E-state index contributed by atoms with van der Waals surface area (Å²) in [6.45, 7) is 6.83. The van der Waals surface area contributed by atoms with Gasteiger partial charge in [-0.1, -0.05) is 31.5 Å². The fourth-order valence-electron chi connectivity index (χ4n) is 2.76. The Labute approximate surface area is 146 Å². The van der Waals surface area contributed by atoms with E-state index in [0.717, 1.165) is 28.5 Å². The molecule has 122 valence electrons. The summed E-state index contributed by atoms with van der Waals surface area (Å²) in [7, 11) is 0. The molecule has 5 heteroatoms. The lowest BCUT2D eigenvalue weighted by atomic mass is 10.1. The molecular formula is C19H19ClN4. The van der Waals surface area contributed by atoms with Crippen molar-refractivity contribution in [2.75, 3.05) is 0 Å². The number of rotatable bonds is 2. The molecule has 3 heterocycles. The van der Waals surface area contributed by atoms with E-state index in [2.05, 4.69) is 44.8 Å². The third kappa shape index (κ3) is 3.10. The maximum Gasteiger partial charge on any atom is 0.143 e. The molecular weight excluding hydrogens is 320 g/mol. The molecule has 0 fully saturated rings. The van der Waals surface area contributed by atoms with Gasteiger partial charge in [0.05, 0.1) is 10.5 Å².